The van der Waals surface area contributed by atoms with Crippen LogP contribution in [-0.4, -0.2) is 37.2 Å². The van der Waals surface area contributed by atoms with E-state index >= 15 is 0 Å². The average molecular weight is 325 g/mol. The topological polar surface area (TPSA) is 41.6 Å². The average Bonchev–Trinajstić information content (AvgIpc) is 2.50. The molecule has 1 fully saturated rings. The number of halogens is 1. The lowest BCUT2D eigenvalue weighted by atomic mass is 9.86. The largest absolute Gasteiger partial charge is 0.492 e. The minimum absolute atomic E-state index is 0.0196. The summed E-state index contributed by atoms with van der Waals surface area (Å²) in [6.07, 6.45) is 4.69. The molecule has 2 amide bonds. The van der Waals surface area contributed by atoms with Crippen molar-refractivity contribution < 1.29 is 9.53 Å². The molecule has 122 valence electrons. The Bertz CT molecular complexity index is 495. The zero-order valence-electron chi connectivity index (χ0n) is 13.3. The fourth-order valence-corrected chi connectivity index (χ4v) is 3.11. The molecule has 2 unspecified atom stereocenters. The van der Waals surface area contributed by atoms with E-state index in [0.717, 1.165) is 18.6 Å². The van der Waals surface area contributed by atoms with E-state index in [4.69, 9.17) is 16.3 Å². The fraction of sp³-hybridized carbons (Fsp3) is 0.588. The van der Waals surface area contributed by atoms with Crippen LogP contribution in [0, 0.1) is 5.92 Å². The van der Waals surface area contributed by atoms with Crippen LogP contribution in [-0.2, 0) is 0 Å². The van der Waals surface area contributed by atoms with Crippen molar-refractivity contribution in [1.82, 2.24) is 10.2 Å². The van der Waals surface area contributed by atoms with Gasteiger partial charge in [-0.3, -0.25) is 0 Å². The highest BCUT2D eigenvalue weighted by Crippen LogP contribution is 2.26. The third-order valence-electron chi connectivity index (χ3n) is 4.22. The standard InChI is InChI=1S/C17H25ClN2O2/c1-13-5-3-7-15(11-13)20(2)17(21)19-9-10-22-16-8-4-6-14(18)12-16/h4,6,8,12-13,15H,3,5,7,9-11H2,1-2H3,(H,19,21). The summed E-state index contributed by atoms with van der Waals surface area (Å²) in [5, 5.41) is 3.55. The predicted octanol–water partition coefficient (Wildman–Crippen LogP) is 3.94. The number of nitrogens with one attached hydrogen (secondary N) is 1. The van der Waals surface area contributed by atoms with Gasteiger partial charge >= 0.3 is 6.03 Å². The van der Waals surface area contributed by atoms with Crippen LogP contribution in [0.1, 0.15) is 32.6 Å². The van der Waals surface area contributed by atoms with E-state index in [1.807, 2.05) is 24.1 Å². The number of hydrogen-bond acceptors (Lipinski definition) is 2. The Balaban J connectivity index is 1.68. The molecule has 22 heavy (non-hydrogen) atoms. The Morgan fingerprint density at radius 1 is 1.45 bits per heavy atom. The SMILES string of the molecule is CC1CCCC(N(C)C(=O)NCCOc2cccc(Cl)c2)C1. The van der Waals surface area contributed by atoms with E-state index in [-0.39, 0.29) is 6.03 Å². The Morgan fingerprint density at radius 3 is 3.00 bits per heavy atom. The van der Waals surface area contributed by atoms with Crippen molar-refractivity contribution in [2.24, 2.45) is 5.92 Å². The van der Waals surface area contributed by atoms with Gasteiger partial charge in [0.05, 0.1) is 6.54 Å². The van der Waals surface area contributed by atoms with Crippen LogP contribution in [0.5, 0.6) is 5.75 Å². The van der Waals surface area contributed by atoms with Gasteiger partial charge < -0.3 is 15.0 Å². The molecule has 1 aliphatic rings. The van der Waals surface area contributed by atoms with Gasteiger partial charge in [-0.2, -0.15) is 0 Å². The minimum Gasteiger partial charge on any atom is -0.492 e. The first kappa shape index (κ1) is 16.9. The molecule has 1 aliphatic carbocycles. The molecule has 0 heterocycles. The van der Waals surface area contributed by atoms with Crippen molar-refractivity contribution in [3.63, 3.8) is 0 Å². The second-order valence-corrected chi connectivity index (χ2v) is 6.51. The lowest BCUT2D eigenvalue weighted by molar-refractivity contribution is 0.159. The van der Waals surface area contributed by atoms with Crippen LogP contribution in [0.2, 0.25) is 5.02 Å². The molecule has 2 rings (SSSR count). The number of carbonyl (C=O) groups is 1. The molecule has 0 bridgehead atoms. The highest BCUT2D eigenvalue weighted by atomic mass is 35.5. The van der Waals surface area contributed by atoms with Gasteiger partial charge in [0.25, 0.3) is 0 Å². The van der Waals surface area contributed by atoms with Crippen molar-refractivity contribution in [1.29, 1.82) is 0 Å². The van der Waals surface area contributed by atoms with Crippen LogP contribution >= 0.6 is 11.6 Å². The first-order chi connectivity index (χ1) is 10.6. The summed E-state index contributed by atoms with van der Waals surface area (Å²) >= 11 is 5.89. The van der Waals surface area contributed by atoms with E-state index in [2.05, 4.69) is 12.2 Å². The Hall–Kier alpha value is -1.42. The second-order valence-electron chi connectivity index (χ2n) is 6.07. The van der Waals surface area contributed by atoms with E-state index in [0.29, 0.717) is 30.1 Å². The molecule has 0 radical (unpaired) electrons. The zero-order valence-corrected chi connectivity index (χ0v) is 14.1. The summed E-state index contributed by atoms with van der Waals surface area (Å²) in [4.78, 5) is 14.0. The van der Waals surface area contributed by atoms with Crippen molar-refractivity contribution in [3.05, 3.63) is 29.3 Å². The normalized spacial score (nSPS) is 21.2. The number of nitrogens with zero attached hydrogens (tertiary/aromatic N) is 1. The van der Waals surface area contributed by atoms with E-state index < -0.39 is 0 Å². The van der Waals surface area contributed by atoms with E-state index in [1.165, 1.54) is 12.8 Å². The smallest absolute Gasteiger partial charge is 0.317 e. The summed E-state index contributed by atoms with van der Waals surface area (Å²) in [5.74, 6) is 1.43. The molecule has 0 aromatic heterocycles. The van der Waals surface area contributed by atoms with Gasteiger partial charge in [0.1, 0.15) is 12.4 Å². The third-order valence-corrected chi connectivity index (χ3v) is 4.45. The van der Waals surface area contributed by atoms with Crippen molar-refractivity contribution >= 4 is 17.6 Å². The molecular weight excluding hydrogens is 300 g/mol. The molecule has 2 atom stereocenters. The van der Waals surface area contributed by atoms with E-state index in [1.54, 1.807) is 12.1 Å². The lowest BCUT2D eigenvalue weighted by Gasteiger charge is -2.34. The molecule has 0 saturated heterocycles. The fourth-order valence-electron chi connectivity index (χ4n) is 2.93. The van der Waals surface area contributed by atoms with Crippen LogP contribution in [0.3, 0.4) is 0 Å². The van der Waals surface area contributed by atoms with Crippen LogP contribution in [0.4, 0.5) is 4.79 Å². The van der Waals surface area contributed by atoms with Crippen LogP contribution in [0.25, 0.3) is 0 Å². The van der Waals surface area contributed by atoms with Gasteiger partial charge in [-0.1, -0.05) is 37.4 Å². The molecule has 1 N–H and O–H groups in total. The number of urea groups is 1. The maximum absolute atomic E-state index is 12.2. The summed E-state index contributed by atoms with van der Waals surface area (Å²) in [5.41, 5.74) is 0. The summed E-state index contributed by atoms with van der Waals surface area (Å²) in [7, 11) is 1.88. The number of carbonyl (C=O) groups excluding carboxylic acids is 1. The van der Waals surface area contributed by atoms with Crippen molar-refractivity contribution in [2.45, 2.75) is 38.6 Å². The molecule has 5 heteroatoms. The Labute approximate surface area is 137 Å². The maximum atomic E-state index is 12.2. The minimum atomic E-state index is -0.0196. The molecular formula is C17H25ClN2O2. The van der Waals surface area contributed by atoms with Gasteiger partial charge in [0.15, 0.2) is 0 Å². The zero-order chi connectivity index (χ0) is 15.9. The van der Waals surface area contributed by atoms with Crippen LogP contribution < -0.4 is 10.1 Å². The van der Waals surface area contributed by atoms with Gasteiger partial charge in [0, 0.05) is 18.1 Å². The second kappa shape index (κ2) is 8.28. The first-order valence-electron chi connectivity index (χ1n) is 7.95. The number of rotatable bonds is 5. The Morgan fingerprint density at radius 2 is 2.27 bits per heavy atom. The van der Waals surface area contributed by atoms with Gasteiger partial charge in [-0.15, -0.1) is 0 Å². The highest BCUT2D eigenvalue weighted by Gasteiger charge is 2.25. The Kier molecular flexibility index (Phi) is 6.37. The number of ether oxygens (including phenoxy) is 1. The molecule has 4 nitrogen and oxygen atoms in total. The highest BCUT2D eigenvalue weighted by molar-refractivity contribution is 6.30. The molecule has 0 aliphatic heterocycles. The third kappa shape index (κ3) is 5.09. The number of benzene rings is 1. The number of amides is 2. The van der Waals surface area contributed by atoms with Gasteiger partial charge in [0.2, 0.25) is 0 Å². The predicted molar refractivity (Wildman–Crippen MR) is 89.5 cm³/mol. The first-order valence-corrected chi connectivity index (χ1v) is 8.33. The molecule has 0 spiro atoms. The molecule has 1 aromatic carbocycles. The number of hydrogen-bond donors (Lipinski definition) is 1. The monoisotopic (exact) mass is 324 g/mol. The van der Waals surface area contributed by atoms with E-state index in [9.17, 15) is 4.79 Å². The van der Waals surface area contributed by atoms with Crippen LogP contribution in [0.15, 0.2) is 24.3 Å². The van der Waals surface area contributed by atoms with Gasteiger partial charge in [-0.25, -0.2) is 4.79 Å². The van der Waals surface area contributed by atoms with Gasteiger partial charge in [-0.05, 0) is 37.0 Å². The van der Waals surface area contributed by atoms with Crippen molar-refractivity contribution in [2.75, 3.05) is 20.2 Å². The maximum Gasteiger partial charge on any atom is 0.317 e. The summed E-state index contributed by atoms with van der Waals surface area (Å²) < 4.78 is 5.56. The van der Waals surface area contributed by atoms with Crippen molar-refractivity contribution in [3.8, 4) is 5.75 Å². The summed E-state index contributed by atoms with van der Waals surface area (Å²) in [6.45, 7) is 3.18. The summed E-state index contributed by atoms with van der Waals surface area (Å²) in [6, 6.07) is 7.60. The molecule has 1 saturated carbocycles. The molecule has 1 aromatic rings. The quantitative estimate of drug-likeness (QED) is 0.833. The lowest BCUT2D eigenvalue weighted by Crippen LogP contribution is -2.46.